The van der Waals surface area contributed by atoms with Gasteiger partial charge in [-0.3, -0.25) is 0 Å². The van der Waals surface area contributed by atoms with Gasteiger partial charge in [-0.1, -0.05) is 23.8 Å². The van der Waals surface area contributed by atoms with Crippen LogP contribution in [0, 0.1) is 0 Å². The second-order valence-corrected chi connectivity index (χ2v) is 4.40. The lowest BCUT2D eigenvalue weighted by molar-refractivity contribution is 0.587. The van der Waals surface area contributed by atoms with E-state index in [1.54, 1.807) is 13.0 Å². The van der Waals surface area contributed by atoms with Crippen molar-refractivity contribution in [3.8, 4) is 0 Å². The molecule has 0 aliphatic heterocycles. The number of sulfonamides is 1. The monoisotopic (exact) mass is 173 g/mol. The fourth-order valence-electron chi connectivity index (χ4n) is 1.11. The number of nitrogens with two attached hydrogens (primary N) is 1. The highest BCUT2D eigenvalue weighted by molar-refractivity contribution is 7.90. The van der Waals surface area contributed by atoms with Gasteiger partial charge in [-0.25, -0.2) is 13.6 Å². The fourth-order valence-corrected chi connectivity index (χ4v) is 2.08. The van der Waals surface area contributed by atoms with Crippen molar-refractivity contribution in [2.75, 3.05) is 0 Å². The molecule has 11 heavy (non-hydrogen) atoms. The Balaban J connectivity index is 2.94. The van der Waals surface area contributed by atoms with Gasteiger partial charge < -0.3 is 0 Å². The molecule has 0 bridgehead atoms. The Morgan fingerprint density at radius 2 is 2.27 bits per heavy atom. The average Bonchev–Trinajstić information content (AvgIpc) is 1.86. The van der Waals surface area contributed by atoms with Gasteiger partial charge in [0.15, 0.2) is 0 Å². The highest BCUT2D eigenvalue weighted by Crippen LogP contribution is 2.17. The van der Waals surface area contributed by atoms with Gasteiger partial charge in [0.25, 0.3) is 0 Å². The predicted molar refractivity (Wildman–Crippen MR) is 44.4 cm³/mol. The number of allylic oxidation sites excluding steroid dienone is 3. The largest absolute Gasteiger partial charge is 0.228 e. The van der Waals surface area contributed by atoms with Crippen molar-refractivity contribution in [1.82, 2.24) is 0 Å². The molecule has 0 radical (unpaired) electrons. The van der Waals surface area contributed by atoms with Crippen LogP contribution in [0.25, 0.3) is 0 Å². The van der Waals surface area contributed by atoms with Crippen LogP contribution in [0.4, 0.5) is 0 Å². The van der Waals surface area contributed by atoms with Crippen molar-refractivity contribution < 1.29 is 8.42 Å². The second-order valence-electron chi connectivity index (χ2n) is 2.65. The van der Waals surface area contributed by atoms with Crippen LogP contribution in [0.1, 0.15) is 13.3 Å². The molecule has 0 heterocycles. The van der Waals surface area contributed by atoms with Crippen molar-refractivity contribution in [2.45, 2.75) is 18.6 Å². The molecule has 0 saturated carbocycles. The minimum absolute atomic E-state index is 0.501. The van der Waals surface area contributed by atoms with Crippen LogP contribution in [0.3, 0.4) is 0 Å². The van der Waals surface area contributed by atoms with Crippen molar-refractivity contribution >= 4 is 10.0 Å². The predicted octanol–water partition coefficient (Wildman–Crippen LogP) is 0.550. The maximum atomic E-state index is 10.9. The van der Waals surface area contributed by atoms with E-state index >= 15 is 0 Å². The van der Waals surface area contributed by atoms with Crippen LogP contribution >= 0.6 is 0 Å². The molecular formula is C7H11NO2S. The molecule has 0 aromatic carbocycles. The number of rotatable bonds is 1. The average molecular weight is 173 g/mol. The van der Waals surface area contributed by atoms with Crippen LogP contribution in [-0.2, 0) is 10.0 Å². The molecule has 0 amide bonds. The Bertz CT molecular complexity index is 300. The van der Waals surface area contributed by atoms with E-state index in [9.17, 15) is 8.42 Å². The highest BCUT2D eigenvalue weighted by Gasteiger charge is 2.22. The molecule has 4 heteroatoms. The van der Waals surface area contributed by atoms with Crippen LogP contribution in [0.5, 0.6) is 0 Å². The first-order valence-corrected chi connectivity index (χ1v) is 4.97. The lowest BCUT2D eigenvalue weighted by atomic mass is 10.1. The molecule has 62 valence electrons. The zero-order valence-corrected chi connectivity index (χ0v) is 7.14. The van der Waals surface area contributed by atoms with E-state index in [2.05, 4.69) is 0 Å². The van der Waals surface area contributed by atoms with Crippen LogP contribution in [-0.4, -0.2) is 13.7 Å². The molecule has 0 aromatic rings. The third kappa shape index (κ3) is 1.91. The first kappa shape index (κ1) is 8.49. The minimum Gasteiger partial charge on any atom is -0.228 e. The second kappa shape index (κ2) is 2.79. The van der Waals surface area contributed by atoms with Crippen molar-refractivity contribution in [2.24, 2.45) is 5.14 Å². The molecular weight excluding hydrogens is 162 g/mol. The van der Waals surface area contributed by atoms with Crippen LogP contribution in [0.15, 0.2) is 23.8 Å². The number of hydrogen-bond acceptors (Lipinski definition) is 2. The molecule has 1 atom stereocenters. The van der Waals surface area contributed by atoms with E-state index in [0.29, 0.717) is 6.42 Å². The zero-order valence-electron chi connectivity index (χ0n) is 6.32. The summed E-state index contributed by atoms with van der Waals surface area (Å²) in [5.74, 6) is 0. The minimum atomic E-state index is -3.39. The molecule has 1 rings (SSSR count). The van der Waals surface area contributed by atoms with Gasteiger partial charge >= 0.3 is 0 Å². The quantitative estimate of drug-likeness (QED) is 0.629. The Morgan fingerprint density at radius 3 is 2.64 bits per heavy atom. The van der Waals surface area contributed by atoms with E-state index in [1.807, 2.05) is 12.2 Å². The summed E-state index contributed by atoms with van der Waals surface area (Å²) in [6.45, 7) is 1.78. The standard InChI is InChI=1S/C7H11NO2S/c1-6-4-2-3-5-7(6)11(8,9)10/h2-4,7H,5H2,1H3,(H2,8,9,10). The maximum Gasteiger partial charge on any atom is 0.216 e. The van der Waals surface area contributed by atoms with E-state index in [-0.39, 0.29) is 0 Å². The topological polar surface area (TPSA) is 60.2 Å². The van der Waals surface area contributed by atoms with Crippen molar-refractivity contribution in [3.05, 3.63) is 23.8 Å². The van der Waals surface area contributed by atoms with Gasteiger partial charge in [-0.05, 0) is 13.3 Å². The summed E-state index contributed by atoms with van der Waals surface area (Å²) >= 11 is 0. The van der Waals surface area contributed by atoms with Crippen molar-refractivity contribution in [1.29, 1.82) is 0 Å². The van der Waals surface area contributed by atoms with Crippen molar-refractivity contribution in [3.63, 3.8) is 0 Å². The van der Waals surface area contributed by atoms with Gasteiger partial charge in [0, 0.05) is 0 Å². The summed E-state index contributed by atoms with van der Waals surface area (Å²) in [7, 11) is -3.39. The zero-order chi connectivity index (χ0) is 8.48. The van der Waals surface area contributed by atoms with Gasteiger partial charge in [-0.15, -0.1) is 0 Å². The first-order valence-electron chi connectivity index (χ1n) is 3.37. The maximum absolute atomic E-state index is 10.9. The molecule has 0 saturated heterocycles. The van der Waals surface area contributed by atoms with Gasteiger partial charge in [0.05, 0.1) is 5.25 Å². The number of hydrogen-bond donors (Lipinski definition) is 1. The fraction of sp³-hybridized carbons (Fsp3) is 0.429. The smallest absolute Gasteiger partial charge is 0.216 e. The molecule has 3 nitrogen and oxygen atoms in total. The summed E-state index contributed by atoms with van der Waals surface area (Å²) in [5, 5.41) is 4.49. The molecule has 0 spiro atoms. The SMILES string of the molecule is CC1=CC=CCC1S(N)(=O)=O. The van der Waals surface area contributed by atoms with Gasteiger partial charge in [-0.2, -0.15) is 0 Å². The Labute approximate surface area is 66.6 Å². The highest BCUT2D eigenvalue weighted by atomic mass is 32.2. The normalized spacial score (nSPS) is 24.9. The summed E-state index contributed by atoms with van der Waals surface area (Å²) in [4.78, 5) is 0. The summed E-state index contributed by atoms with van der Waals surface area (Å²) < 4.78 is 21.8. The molecule has 0 aromatic heterocycles. The van der Waals surface area contributed by atoms with Crippen LogP contribution < -0.4 is 5.14 Å². The van der Waals surface area contributed by atoms with Gasteiger partial charge in [0.1, 0.15) is 0 Å². The third-order valence-corrected chi connectivity index (χ3v) is 3.11. The Kier molecular flexibility index (Phi) is 2.15. The lowest BCUT2D eigenvalue weighted by Crippen LogP contribution is -2.29. The molecule has 0 fully saturated rings. The van der Waals surface area contributed by atoms with Gasteiger partial charge in [0.2, 0.25) is 10.0 Å². The summed E-state index contributed by atoms with van der Waals surface area (Å²) in [5.41, 5.74) is 0.815. The third-order valence-electron chi connectivity index (χ3n) is 1.75. The van der Waals surface area contributed by atoms with E-state index in [4.69, 9.17) is 5.14 Å². The number of primary sulfonamides is 1. The Hall–Kier alpha value is -0.610. The summed E-state index contributed by atoms with van der Waals surface area (Å²) in [6, 6.07) is 0. The van der Waals surface area contributed by atoms with Crippen LogP contribution in [0.2, 0.25) is 0 Å². The molecule has 1 aliphatic carbocycles. The van der Waals surface area contributed by atoms with E-state index in [1.165, 1.54) is 0 Å². The molecule has 1 aliphatic rings. The molecule has 2 N–H and O–H groups in total. The summed E-state index contributed by atoms with van der Waals surface area (Å²) in [6.07, 6.45) is 5.93. The molecule has 1 unspecified atom stereocenters. The lowest BCUT2D eigenvalue weighted by Gasteiger charge is -2.15. The van der Waals surface area contributed by atoms with E-state index < -0.39 is 15.3 Å². The van der Waals surface area contributed by atoms with E-state index in [0.717, 1.165) is 5.57 Å². The first-order chi connectivity index (χ1) is 5.02. The Morgan fingerprint density at radius 1 is 1.64 bits per heavy atom.